The van der Waals surface area contributed by atoms with Gasteiger partial charge in [-0.15, -0.1) is 0 Å². The van der Waals surface area contributed by atoms with Crippen LogP contribution in [0.5, 0.6) is 0 Å². The number of anilines is 1. The zero-order chi connectivity index (χ0) is 23.9. The van der Waals surface area contributed by atoms with Gasteiger partial charge in [0.15, 0.2) is 0 Å². The number of nitrogens with one attached hydrogen (secondary N) is 1. The van der Waals surface area contributed by atoms with E-state index in [-0.39, 0.29) is 17.0 Å². The number of hydrogen-bond acceptors (Lipinski definition) is 5. The number of alkyl halides is 4. The molecule has 1 aromatic carbocycles. The second-order valence-electron chi connectivity index (χ2n) is 7.78. The van der Waals surface area contributed by atoms with Crippen molar-refractivity contribution in [2.45, 2.75) is 26.3 Å². The van der Waals surface area contributed by atoms with Gasteiger partial charge < -0.3 is 0 Å². The minimum absolute atomic E-state index is 0.0000170. The fourth-order valence-electron chi connectivity index (χ4n) is 3.80. The molecule has 3 aromatic rings. The van der Waals surface area contributed by atoms with Crippen LogP contribution in [0.3, 0.4) is 0 Å². The van der Waals surface area contributed by atoms with E-state index in [0.717, 1.165) is 10.5 Å². The second-order valence-corrected chi connectivity index (χ2v) is 13.3. The van der Waals surface area contributed by atoms with Crippen molar-refractivity contribution in [1.29, 1.82) is 0 Å². The van der Waals surface area contributed by atoms with Crippen LogP contribution in [0.25, 0.3) is 11.0 Å². The molecule has 0 saturated carbocycles. The van der Waals surface area contributed by atoms with E-state index in [2.05, 4.69) is 15.3 Å². The number of carbonyl (C=O) groups excluding carboxylic acids is 1. The van der Waals surface area contributed by atoms with Crippen molar-refractivity contribution in [2.24, 2.45) is 7.05 Å². The predicted molar refractivity (Wildman–Crippen MR) is 128 cm³/mol. The van der Waals surface area contributed by atoms with Crippen molar-refractivity contribution in [3.8, 4) is 0 Å². The Hall–Kier alpha value is -2.70. The van der Waals surface area contributed by atoms with Crippen molar-refractivity contribution in [1.82, 2.24) is 19.4 Å². The Morgan fingerprint density at radius 3 is 2.64 bits per heavy atom. The molecule has 1 fully saturated rings. The Labute approximate surface area is 195 Å². The molecule has 1 aliphatic heterocycles. The Morgan fingerprint density at radius 2 is 1.97 bits per heavy atom. The molecular formula is C22H23F3IN5O2. The summed E-state index contributed by atoms with van der Waals surface area (Å²) in [5, 5.41) is 3.69. The number of aryl methyl sites for hydroxylation is 1. The number of halogens is 4. The second kappa shape index (κ2) is 9.27. The zero-order valence-corrected chi connectivity index (χ0v) is 20.4. The van der Waals surface area contributed by atoms with Crippen LogP contribution in [-0.2, 0) is 11.8 Å². The van der Waals surface area contributed by atoms with Crippen LogP contribution in [0.2, 0.25) is 0 Å². The molecule has 3 heterocycles. The SMILES string of the molecule is CC(=O)N1CCI(c2cc3c(N[C@H](C)c4cccc(C(F)F)c4F)ncnc3n(C)c2=O)C1. The normalized spacial score (nSPS) is 16.0. The Balaban J connectivity index is 1.74. The number of aromatic nitrogens is 3. The number of rotatable bonds is 5. The molecule has 1 amide bonds. The van der Waals surface area contributed by atoms with Gasteiger partial charge in [-0.1, -0.05) is 0 Å². The van der Waals surface area contributed by atoms with E-state index in [1.54, 1.807) is 24.9 Å². The van der Waals surface area contributed by atoms with E-state index in [4.69, 9.17) is 0 Å². The summed E-state index contributed by atoms with van der Waals surface area (Å²) in [6.45, 7) is 3.83. The third kappa shape index (κ3) is 4.42. The molecule has 0 spiro atoms. The number of benzene rings is 1. The van der Waals surface area contributed by atoms with Crippen LogP contribution >= 0.6 is 19.8 Å². The van der Waals surface area contributed by atoms with Gasteiger partial charge in [0.05, 0.1) is 0 Å². The average Bonchev–Trinajstić information content (AvgIpc) is 3.27. The molecule has 7 nitrogen and oxygen atoms in total. The first-order valence-electron chi connectivity index (χ1n) is 10.2. The molecule has 2 aromatic heterocycles. The van der Waals surface area contributed by atoms with Crippen LogP contribution in [0, 0.1) is 9.39 Å². The topological polar surface area (TPSA) is 80.1 Å². The van der Waals surface area contributed by atoms with E-state index < -0.39 is 43.7 Å². The van der Waals surface area contributed by atoms with Crippen molar-refractivity contribution < 1.29 is 18.0 Å². The first-order valence-corrected chi connectivity index (χ1v) is 14.4. The molecule has 0 radical (unpaired) electrons. The number of fused-ring (bicyclic) bond motifs is 1. The summed E-state index contributed by atoms with van der Waals surface area (Å²) >= 11 is -1.93. The van der Waals surface area contributed by atoms with Gasteiger partial charge >= 0.3 is 196 Å². The summed E-state index contributed by atoms with van der Waals surface area (Å²) < 4.78 is 44.5. The van der Waals surface area contributed by atoms with Crippen molar-refractivity contribution in [2.75, 3.05) is 20.8 Å². The zero-order valence-electron chi connectivity index (χ0n) is 18.3. The van der Waals surface area contributed by atoms with Gasteiger partial charge in [0.2, 0.25) is 0 Å². The van der Waals surface area contributed by atoms with Crippen LogP contribution in [0.4, 0.5) is 19.0 Å². The van der Waals surface area contributed by atoms with E-state index in [9.17, 15) is 22.8 Å². The summed E-state index contributed by atoms with van der Waals surface area (Å²) in [6, 6.07) is 5.03. The van der Waals surface area contributed by atoms with E-state index in [0.29, 0.717) is 31.5 Å². The van der Waals surface area contributed by atoms with Gasteiger partial charge in [0.1, 0.15) is 0 Å². The van der Waals surface area contributed by atoms with Gasteiger partial charge in [-0.05, 0) is 0 Å². The molecule has 4 rings (SSSR count). The van der Waals surface area contributed by atoms with Gasteiger partial charge in [0, 0.05) is 0 Å². The summed E-state index contributed by atoms with van der Waals surface area (Å²) in [7, 11) is 1.63. The first kappa shape index (κ1) is 23.5. The molecular weight excluding hydrogens is 550 g/mol. The number of hydrogen-bond donors (Lipinski definition) is 1. The third-order valence-corrected chi connectivity index (χ3v) is 11.5. The Morgan fingerprint density at radius 1 is 1.24 bits per heavy atom. The molecule has 176 valence electrons. The van der Waals surface area contributed by atoms with Crippen LogP contribution in [0.1, 0.15) is 37.4 Å². The quantitative estimate of drug-likeness (QED) is 0.283. The average molecular weight is 573 g/mol. The number of pyridine rings is 1. The van der Waals surface area contributed by atoms with E-state index in [1.165, 1.54) is 30.0 Å². The van der Waals surface area contributed by atoms with E-state index in [1.807, 2.05) is 0 Å². The molecule has 33 heavy (non-hydrogen) atoms. The molecule has 0 unspecified atom stereocenters. The monoisotopic (exact) mass is 573 g/mol. The number of carbonyl (C=O) groups is 1. The summed E-state index contributed by atoms with van der Waals surface area (Å²) in [4.78, 5) is 35.1. The Bertz CT molecular complexity index is 1280. The molecule has 0 bridgehead atoms. The molecule has 1 atom stereocenters. The first-order chi connectivity index (χ1) is 15.7. The van der Waals surface area contributed by atoms with Crippen molar-refractivity contribution >= 4 is 42.6 Å². The molecule has 1 N–H and O–H groups in total. The van der Waals surface area contributed by atoms with E-state index >= 15 is 0 Å². The van der Waals surface area contributed by atoms with Crippen LogP contribution < -0.4 is 10.9 Å². The summed E-state index contributed by atoms with van der Waals surface area (Å²) in [6.07, 6.45) is -1.62. The van der Waals surface area contributed by atoms with Crippen molar-refractivity contribution in [3.63, 3.8) is 0 Å². The molecule has 11 heteroatoms. The van der Waals surface area contributed by atoms with Crippen LogP contribution in [0.15, 0.2) is 35.4 Å². The maximum absolute atomic E-state index is 14.7. The number of amides is 1. The van der Waals surface area contributed by atoms with Gasteiger partial charge in [-0.2, -0.15) is 0 Å². The fourth-order valence-corrected chi connectivity index (χ4v) is 9.83. The fraction of sp³-hybridized carbons (Fsp3) is 0.364. The summed E-state index contributed by atoms with van der Waals surface area (Å²) in [5.41, 5.74) is -0.283. The van der Waals surface area contributed by atoms with Gasteiger partial charge in [0.25, 0.3) is 0 Å². The van der Waals surface area contributed by atoms with Gasteiger partial charge in [-0.25, -0.2) is 0 Å². The van der Waals surface area contributed by atoms with Gasteiger partial charge in [-0.3, -0.25) is 0 Å². The molecule has 1 saturated heterocycles. The standard InChI is InChI=1S/C22H23F3IN5O2/c1-12(14-5-4-6-15(18(14)23)19(24)25)29-20-16-9-17(26-7-8-31(10-26)13(2)32)22(33)30(3)21(16)28-11-27-20/h4-6,9,11-12,19H,7-8,10H2,1-3H3,(H,27,28,29)/t12-/m1/s1. The predicted octanol–water partition coefficient (Wildman–Crippen LogP) is 4.07. The minimum atomic E-state index is -2.92. The third-order valence-electron chi connectivity index (χ3n) is 5.68. The molecule has 0 aliphatic carbocycles. The Kier molecular flexibility index (Phi) is 6.59. The molecule has 1 aliphatic rings. The van der Waals surface area contributed by atoms with Crippen molar-refractivity contribution in [3.05, 3.63) is 61.5 Å². The van der Waals surface area contributed by atoms with Crippen LogP contribution in [-0.4, -0.2) is 40.9 Å². The maximum atomic E-state index is 14.7. The number of nitrogens with zero attached hydrogens (tertiary/aromatic N) is 4. The summed E-state index contributed by atoms with van der Waals surface area (Å²) in [5.74, 6) is -0.577.